The summed E-state index contributed by atoms with van der Waals surface area (Å²) < 4.78 is 0. The molecule has 0 aromatic heterocycles. The summed E-state index contributed by atoms with van der Waals surface area (Å²) in [5, 5.41) is 9.06. The monoisotopic (exact) mass is 225 g/mol. The average Bonchev–Trinajstić information content (AvgIpc) is 2.28. The van der Waals surface area contributed by atoms with Gasteiger partial charge >= 0.3 is 5.97 Å². The molecule has 90 valence electrons. The second-order valence-electron chi connectivity index (χ2n) is 4.14. The van der Waals surface area contributed by atoms with Gasteiger partial charge < -0.3 is 10.0 Å². The number of allylic oxidation sites excluding steroid dienone is 1. The van der Waals surface area contributed by atoms with Crippen molar-refractivity contribution in [1.82, 2.24) is 4.90 Å². The highest BCUT2D eigenvalue weighted by Gasteiger charge is 2.32. The van der Waals surface area contributed by atoms with E-state index in [1.54, 1.807) is 6.92 Å². The zero-order valence-corrected chi connectivity index (χ0v) is 9.90. The van der Waals surface area contributed by atoms with E-state index in [0.717, 1.165) is 19.3 Å². The molecule has 1 heterocycles. The third kappa shape index (κ3) is 2.84. The largest absolute Gasteiger partial charge is 0.480 e. The summed E-state index contributed by atoms with van der Waals surface area (Å²) in [6.07, 6.45) is 4.99. The fourth-order valence-electron chi connectivity index (χ4n) is 2.05. The number of amides is 1. The Morgan fingerprint density at radius 3 is 2.69 bits per heavy atom. The van der Waals surface area contributed by atoms with Gasteiger partial charge in [0.25, 0.3) is 0 Å². The Morgan fingerprint density at radius 1 is 1.44 bits per heavy atom. The number of carbonyl (C=O) groups excluding carboxylic acids is 1. The van der Waals surface area contributed by atoms with Crippen LogP contribution in [0.1, 0.15) is 39.5 Å². The molecule has 1 N–H and O–H groups in total. The number of aliphatic carboxylic acids is 1. The maximum Gasteiger partial charge on any atom is 0.326 e. The molecular weight excluding hydrogens is 206 g/mol. The number of likely N-dealkylation sites (tertiary alicyclic amines) is 1. The van der Waals surface area contributed by atoms with Gasteiger partial charge in [-0.15, -0.1) is 0 Å². The van der Waals surface area contributed by atoms with Crippen LogP contribution in [0, 0.1) is 0 Å². The summed E-state index contributed by atoms with van der Waals surface area (Å²) >= 11 is 0. The predicted octanol–water partition coefficient (Wildman–Crippen LogP) is 1.81. The van der Waals surface area contributed by atoms with Crippen LogP contribution in [-0.4, -0.2) is 34.5 Å². The molecule has 1 saturated heterocycles. The third-order valence-corrected chi connectivity index (χ3v) is 2.90. The molecular formula is C12H19NO3. The molecule has 4 heteroatoms. The van der Waals surface area contributed by atoms with Crippen molar-refractivity contribution < 1.29 is 14.7 Å². The first-order chi connectivity index (χ1) is 7.57. The van der Waals surface area contributed by atoms with E-state index in [9.17, 15) is 9.59 Å². The minimum absolute atomic E-state index is 0.131. The van der Waals surface area contributed by atoms with Gasteiger partial charge in [-0.1, -0.05) is 13.0 Å². The Hall–Kier alpha value is -1.32. The van der Waals surface area contributed by atoms with Gasteiger partial charge in [0.15, 0.2) is 0 Å². The number of nitrogens with zero attached hydrogens (tertiary/aromatic N) is 1. The van der Waals surface area contributed by atoms with Gasteiger partial charge in [0.1, 0.15) is 6.04 Å². The highest BCUT2D eigenvalue weighted by molar-refractivity contribution is 5.95. The lowest BCUT2D eigenvalue weighted by Gasteiger charge is -2.33. The Kier molecular flexibility index (Phi) is 4.52. The Labute approximate surface area is 95.9 Å². The summed E-state index contributed by atoms with van der Waals surface area (Å²) in [4.78, 5) is 24.5. The Morgan fingerprint density at radius 2 is 2.12 bits per heavy atom. The molecule has 0 aliphatic carbocycles. The van der Waals surface area contributed by atoms with Gasteiger partial charge in [0, 0.05) is 12.1 Å². The molecule has 1 aliphatic rings. The topological polar surface area (TPSA) is 57.6 Å². The summed E-state index contributed by atoms with van der Waals surface area (Å²) in [6.45, 7) is 4.27. The first-order valence-corrected chi connectivity index (χ1v) is 5.78. The van der Waals surface area contributed by atoms with Crippen LogP contribution in [0.5, 0.6) is 0 Å². The molecule has 0 bridgehead atoms. The van der Waals surface area contributed by atoms with Crippen molar-refractivity contribution in [3.05, 3.63) is 11.6 Å². The first kappa shape index (κ1) is 12.7. The molecule has 1 atom stereocenters. The van der Waals surface area contributed by atoms with Crippen LogP contribution in [0.3, 0.4) is 0 Å². The summed E-state index contributed by atoms with van der Waals surface area (Å²) in [5.41, 5.74) is 0.649. The van der Waals surface area contributed by atoms with E-state index in [1.165, 1.54) is 4.90 Å². The van der Waals surface area contributed by atoms with Crippen LogP contribution in [0.2, 0.25) is 0 Å². The third-order valence-electron chi connectivity index (χ3n) is 2.90. The highest BCUT2D eigenvalue weighted by atomic mass is 16.4. The lowest BCUT2D eigenvalue weighted by molar-refractivity contribution is -0.150. The van der Waals surface area contributed by atoms with Crippen molar-refractivity contribution in [2.24, 2.45) is 0 Å². The van der Waals surface area contributed by atoms with Crippen LogP contribution in [0.25, 0.3) is 0 Å². The van der Waals surface area contributed by atoms with E-state index in [1.807, 2.05) is 13.0 Å². The Balaban J connectivity index is 2.79. The summed E-state index contributed by atoms with van der Waals surface area (Å²) in [6, 6.07) is -0.638. The van der Waals surface area contributed by atoms with Crippen LogP contribution < -0.4 is 0 Å². The number of carboxylic acid groups (broad SMARTS) is 1. The number of carbonyl (C=O) groups is 2. The maximum absolute atomic E-state index is 12.0. The molecule has 1 rings (SSSR count). The van der Waals surface area contributed by atoms with Gasteiger partial charge in [0.05, 0.1) is 0 Å². The van der Waals surface area contributed by atoms with E-state index in [2.05, 4.69) is 0 Å². The van der Waals surface area contributed by atoms with Gasteiger partial charge in [-0.2, -0.15) is 0 Å². The van der Waals surface area contributed by atoms with E-state index in [0.29, 0.717) is 18.5 Å². The van der Waals surface area contributed by atoms with E-state index in [-0.39, 0.29) is 5.91 Å². The van der Waals surface area contributed by atoms with Gasteiger partial charge in [0.2, 0.25) is 5.91 Å². The van der Waals surface area contributed by atoms with Gasteiger partial charge in [-0.3, -0.25) is 4.79 Å². The molecule has 0 spiro atoms. The lowest BCUT2D eigenvalue weighted by atomic mass is 10.0. The molecule has 0 aromatic carbocycles. The second-order valence-corrected chi connectivity index (χ2v) is 4.14. The first-order valence-electron chi connectivity index (χ1n) is 5.78. The molecule has 16 heavy (non-hydrogen) atoms. The smallest absolute Gasteiger partial charge is 0.326 e. The standard InChI is InChI=1S/C12H19NO3/c1-3-6-9(2)11(14)13-8-5-4-7-10(13)12(15)16/h6,10H,3-5,7-8H2,1-2H3,(H,15,16)/b9-6+/t10-/m1/s1. The molecule has 1 aliphatic heterocycles. The highest BCUT2D eigenvalue weighted by Crippen LogP contribution is 2.19. The van der Waals surface area contributed by atoms with Gasteiger partial charge in [-0.05, 0) is 32.6 Å². The molecule has 1 amide bonds. The van der Waals surface area contributed by atoms with E-state index >= 15 is 0 Å². The quantitative estimate of drug-likeness (QED) is 0.745. The van der Waals surface area contributed by atoms with Crippen LogP contribution in [0.15, 0.2) is 11.6 Å². The van der Waals surface area contributed by atoms with Crippen LogP contribution in [0.4, 0.5) is 0 Å². The van der Waals surface area contributed by atoms with E-state index in [4.69, 9.17) is 5.11 Å². The van der Waals surface area contributed by atoms with Crippen molar-refractivity contribution in [2.75, 3.05) is 6.54 Å². The number of hydrogen-bond acceptors (Lipinski definition) is 2. The fourth-order valence-corrected chi connectivity index (χ4v) is 2.05. The van der Waals surface area contributed by atoms with Gasteiger partial charge in [-0.25, -0.2) is 4.79 Å². The summed E-state index contributed by atoms with van der Waals surface area (Å²) in [5.74, 6) is -1.02. The van der Waals surface area contributed by atoms with Crippen molar-refractivity contribution in [2.45, 2.75) is 45.6 Å². The van der Waals surface area contributed by atoms with Crippen molar-refractivity contribution in [1.29, 1.82) is 0 Å². The molecule has 1 fully saturated rings. The van der Waals surface area contributed by atoms with E-state index < -0.39 is 12.0 Å². The molecule has 0 unspecified atom stereocenters. The second kappa shape index (κ2) is 5.68. The molecule has 0 aromatic rings. The van der Waals surface area contributed by atoms with Crippen molar-refractivity contribution in [3.8, 4) is 0 Å². The lowest BCUT2D eigenvalue weighted by Crippen LogP contribution is -2.48. The Bertz CT molecular complexity index is 309. The minimum atomic E-state index is -0.891. The molecule has 0 saturated carbocycles. The average molecular weight is 225 g/mol. The van der Waals surface area contributed by atoms with Crippen molar-refractivity contribution >= 4 is 11.9 Å². The van der Waals surface area contributed by atoms with Crippen LogP contribution >= 0.6 is 0 Å². The SMILES string of the molecule is CC/C=C(\C)C(=O)N1CCCC[C@@H]1C(=O)O. The zero-order chi connectivity index (χ0) is 12.1. The van der Waals surface area contributed by atoms with Crippen LogP contribution in [-0.2, 0) is 9.59 Å². The summed E-state index contributed by atoms with van der Waals surface area (Å²) in [7, 11) is 0. The zero-order valence-electron chi connectivity index (χ0n) is 9.90. The maximum atomic E-state index is 12.0. The predicted molar refractivity (Wildman–Crippen MR) is 61.0 cm³/mol. The molecule has 4 nitrogen and oxygen atoms in total. The number of carboxylic acids is 1. The number of rotatable bonds is 3. The molecule has 0 radical (unpaired) electrons. The number of hydrogen-bond donors (Lipinski definition) is 1. The normalized spacial score (nSPS) is 22.0. The minimum Gasteiger partial charge on any atom is -0.480 e. The number of piperidine rings is 1. The van der Waals surface area contributed by atoms with Crippen molar-refractivity contribution in [3.63, 3.8) is 0 Å². The fraction of sp³-hybridized carbons (Fsp3) is 0.667.